The maximum atomic E-state index is 10.9. The molecule has 4 nitrogen and oxygen atoms in total. The lowest BCUT2D eigenvalue weighted by atomic mass is 10.2. The first-order valence-electron chi connectivity index (χ1n) is 3.84. The third-order valence-corrected chi connectivity index (χ3v) is 1.57. The van der Waals surface area contributed by atoms with E-state index in [4.69, 9.17) is 0 Å². The lowest BCUT2D eigenvalue weighted by Gasteiger charge is -2.03. The second-order valence-electron chi connectivity index (χ2n) is 2.28. The van der Waals surface area contributed by atoms with Gasteiger partial charge in [0.25, 0.3) is 0 Å². The molecule has 0 aromatic carbocycles. The van der Waals surface area contributed by atoms with Gasteiger partial charge in [0.1, 0.15) is 6.29 Å². The van der Waals surface area contributed by atoms with Gasteiger partial charge in [-0.25, -0.2) is 4.79 Å². The minimum atomic E-state index is -0.466. The number of allylic oxidation sites excluding steroid dienone is 4. The molecule has 0 spiro atoms. The van der Waals surface area contributed by atoms with E-state index in [1.165, 1.54) is 12.2 Å². The molecule has 2 N–H and O–H groups in total. The zero-order valence-electron chi connectivity index (χ0n) is 7.78. The Morgan fingerprint density at radius 1 is 1.50 bits per heavy atom. The smallest absolute Gasteiger partial charge is 0.308 e. The van der Waals surface area contributed by atoms with Crippen LogP contribution in [0.15, 0.2) is 36.1 Å². The molecule has 0 aromatic rings. The average Bonchev–Trinajstić information content (AvgIpc) is 2.23. The quantitative estimate of drug-likeness (QED) is 0.285. The van der Waals surface area contributed by atoms with Gasteiger partial charge in [0, 0.05) is 11.3 Å². The molecule has 0 aromatic heterocycles. The van der Waals surface area contributed by atoms with E-state index < -0.39 is 6.03 Å². The van der Waals surface area contributed by atoms with Gasteiger partial charge in [0.05, 0.1) is 0 Å². The number of rotatable bonds is 4. The van der Waals surface area contributed by atoms with Crippen LogP contribution in [0.5, 0.6) is 0 Å². The van der Waals surface area contributed by atoms with Crippen LogP contribution in [0.3, 0.4) is 0 Å². The van der Waals surface area contributed by atoms with Crippen molar-refractivity contribution in [3.05, 3.63) is 36.1 Å². The van der Waals surface area contributed by atoms with Crippen LogP contribution in [-0.4, -0.2) is 12.3 Å². The van der Waals surface area contributed by atoms with Crippen LogP contribution < -0.4 is 10.0 Å². The molecular formula is C9H12N2O2S. The van der Waals surface area contributed by atoms with Crippen molar-refractivity contribution < 1.29 is 9.59 Å². The predicted molar refractivity (Wildman–Crippen MR) is 58.8 cm³/mol. The summed E-state index contributed by atoms with van der Waals surface area (Å²) in [5, 5.41) is 2.47. The van der Waals surface area contributed by atoms with Crippen molar-refractivity contribution in [2.24, 2.45) is 0 Å². The Morgan fingerprint density at radius 2 is 2.14 bits per heavy atom. The Labute approximate surface area is 88.3 Å². The summed E-state index contributed by atoms with van der Waals surface area (Å²) in [4.78, 5) is 21.3. The monoisotopic (exact) mass is 212 g/mol. The van der Waals surface area contributed by atoms with Crippen molar-refractivity contribution in [3.63, 3.8) is 0 Å². The summed E-state index contributed by atoms with van der Waals surface area (Å²) in [5.74, 6) is 0. The molecule has 5 heteroatoms. The van der Waals surface area contributed by atoms with Crippen LogP contribution in [-0.2, 0) is 4.79 Å². The van der Waals surface area contributed by atoms with Crippen molar-refractivity contribution >= 4 is 25.1 Å². The molecule has 0 aliphatic carbocycles. The lowest BCUT2D eigenvalue weighted by molar-refractivity contribution is -0.104. The minimum absolute atomic E-state index is 0.387. The van der Waals surface area contributed by atoms with Gasteiger partial charge < -0.3 is 5.32 Å². The number of hydrogen-bond donors (Lipinski definition) is 3. The Hall–Kier alpha value is -1.49. The molecule has 2 amide bonds. The number of aldehydes is 1. The molecule has 14 heavy (non-hydrogen) atoms. The third-order valence-electron chi connectivity index (χ3n) is 1.36. The molecular weight excluding hydrogens is 200 g/mol. The molecule has 0 aliphatic heterocycles. The standard InChI is InChI=1S/C9H12N2O2S/c1-3-7(6-12)5-8(4-2)10-9(13)11-14/h3-6,14H,1H2,2H3,(H2,10,11,13)/b7-5+,8-4+. The van der Waals surface area contributed by atoms with E-state index in [-0.39, 0.29) is 0 Å². The molecule has 0 unspecified atom stereocenters. The van der Waals surface area contributed by atoms with Gasteiger partial charge in [0.15, 0.2) is 0 Å². The van der Waals surface area contributed by atoms with E-state index in [0.717, 1.165) is 0 Å². The average molecular weight is 212 g/mol. The highest BCUT2D eigenvalue weighted by Crippen LogP contribution is 1.98. The van der Waals surface area contributed by atoms with E-state index in [1.54, 1.807) is 13.0 Å². The highest BCUT2D eigenvalue weighted by atomic mass is 32.1. The van der Waals surface area contributed by atoms with Gasteiger partial charge in [-0.05, 0) is 13.0 Å². The fourth-order valence-electron chi connectivity index (χ4n) is 0.671. The molecule has 0 saturated heterocycles. The SMILES string of the molecule is C=C/C(C=O)=C\C(=C/C)NC(=O)NS. The lowest BCUT2D eigenvalue weighted by Crippen LogP contribution is -2.28. The number of amides is 2. The predicted octanol–water partition coefficient (Wildman–Crippen LogP) is 1.35. The molecule has 0 radical (unpaired) electrons. The maximum Gasteiger partial charge on any atom is 0.329 e. The Morgan fingerprint density at radius 3 is 2.50 bits per heavy atom. The fraction of sp³-hybridized carbons (Fsp3) is 0.111. The first-order valence-corrected chi connectivity index (χ1v) is 4.29. The van der Waals surface area contributed by atoms with E-state index in [2.05, 4.69) is 29.4 Å². The van der Waals surface area contributed by atoms with Crippen LogP contribution in [0.4, 0.5) is 4.79 Å². The van der Waals surface area contributed by atoms with Crippen molar-refractivity contribution in [1.29, 1.82) is 0 Å². The number of carbonyl (C=O) groups excluding carboxylic acids is 2. The maximum absolute atomic E-state index is 10.9. The normalized spacial score (nSPS) is 11.9. The molecule has 0 aliphatic rings. The van der Waals surface area contributed by atoms with Crippen LogP contribution in [0.2, 0.25) is 0 Å². The summed E-state index contributed by atoms with van der Waals surface area (Å²) in [5.41, 5.74) is 0.885. The summed E-state index contributed by atoms with van der Waals surface area (Å²) < 4.78 is 2.10. The number of hydrogen-bond acceptors (Lipinski definition) is 3. The van der Waals surface area contributed by atoms with Crippen LogP contribution in [0.1, 0.15) is 6.92 Å². The largest absolute Gasteiger partial charge is 0.329 e. The van der Waals surface area contributed by atoms with E-state index in [9.17, 15) is 9.59 Å². The summed E-state index contributed by atoms with van der Waals surface area (Å²) in [6, 6.07) is -0.466. The fourth-order valence-corrected chi connectivity index (χ4v) is 0.727. The summed E-state index contributed by atoms with van der Waals surface area (Å²) in [7, 11) is 0. The van der Waals surface area contributed by atoms with Crippen LogP contribution in [0, 0.1) is 0 Å². The molecule has 76 valence electrons. The van der Waals surface area contributed by atoms with Crippen LogP contribution >= 0.6 is 12.8 Å². The highest BCUT2D eigenvalue weighted by Gasteiger charge is 1.99. The zero-order chi connectivity index (χ0) is 11.0. The number of nitrogens with one attached hydrogen (secondary N) is 2. The van der Waals surface area contributed by atoms with Gasteiger partial charge in [-0.2, -0.15) is 0 Å². The number of thiol groups is 1. The molecule has 0 rings (SSSR count). The Balaban J connectivity index is 4.59. The summed E-state index contributed by atoms with van der Waals surface area (Å²) >= 11 is 3.57. The third kappa shape index (κ3) is 4.51. The zero-order valence-corrected chi connectivity index (χ0v) is 8.67. The first kappa shape index (κ1) is 12.5. The second kappa shape index (κ2) is 6.97. The molecule has 0 atom stereocenters. The van der Waals surface area contributed by atoms with Crippen molar-refractivity contribution in [3.8, 4) is 0 Å². The van der Waals surface area contributed by atoms with Crippen LogP contribution in [0.25, 0.3) is 0 Å². The van der Waals surface area contributed by atoms with Crippen molar-refractivity contribution in [2.75, 3.05) is 0 Å². The molecule has 0 bridgehead atoms. The van der Waals surface area contributed by atoms with Gasteiger partial charge in [-0.1, -0.05) is 31.5 Å². The van der Waals surface area contributed by atoms with E-state index in [0.29, 0.717) is 17.6 Å². The first-order chi connectivity index (χ1) is 6.67. The van der Waals surface area contributed by atoms with Crippen molar-refractivity contribution in [2.45, 2.75) is 6.92 Å². The topological polar surface area (TPSA) is 58.2 Å². The number of carbonyl (C=O) groups is 2. The van der Waals surface area contributed by atoms with Gasteiger partial charge in [0.2, 0.25) is 0 Å². The summed E-state index contributed by atoms with van der Waals surface area (Å²) in [6.45, 7) is 5.18. The van der Waals surface area contributed by atoms with Gasteiger partial charge in [-0.15, -0.1) is 0 Å². The van der Waals surface area contributed by atoms with E-state index >= 15 is 0 Å². The van der Waals surface area contributed by atoms with Gasteiger partial charge >= 0.3 is 6.03 Å². The van der Waals surface area contributed by atoms with Gasteiger partial charge in [-0.3, -0.25) is 9.52 Å². The Kier molecular flexibility index (Phi) is 6.22. The second-order valence-corrected chi connectivity index (χ2v) is 2.50. The number of urea groups is 1. The summed E-state index contributed by atoms with van der Waals surface area (Å²) in [6.07, 6.45) is 5.20. The van der Waals surface area contributed by atoms with E-state index in [1.807, 2.05) is 0 Å². The molecule has 0 fully saturated rings. The van der Waals surface area contributed by atoms with Crippen molar-refractivity contribution in [1.82, 2.24) is 10.0 Å². The molecule has 0 heterocycles. The molecule has 0 saturated carbocycles. The highest BCUT2D eigenvalue weighted by molar-refractivity contribution is 7.78. The minimum Gasteiger partial charge on any atom is -0.308 e. The Bertz CT molecular complexity index is 285.